The topological polar surface area (TPSA) is 89.2 Å². The van der Waals surface area contributed by atoms with E-state index in [0.717, 1.165) is 18.2 Å². The molecule has 0 saturated heterocycles. The number of nitrogens with one attached hydrogen (secondary N) is 1. The summed E-state index contributed by atoms with van der Waals surface area (Å²) in [5, 5.41) is 24.4. The highest BCUT2D eigenvalue weighted by Gasteiger charge is 2.39. The van der Waals surface area contributed by atoms with Crippen LogP contribution in [0.4, 0.5) is 22.0 Å². The minimum atomic E-state index is -4.82. The van der Waals surface area contributed by atoms with E-state index in [2.05, 4.69) is 10.3 Å². The third-order valence-corrected chi connectivity index (χ3v) is 4.64. The Morgan fingerprint density at radius 2 is 1.82 bits per heavy atom. The quantitative estimate of drug-likeness (QED) is 0.339. The van der Waals surface area contributed by atoms with Crippen LogP contribution in [0.5, 0.6) is 0 Å². The van der Waals surface area contributed by atoms with Gasteiger partial charge in [0.05, 0.1) is 11.4 Å². The molecule has 3 rings (SSSR count). The van der Waals surface area contributed by atoms with Crippen LogP contribution in [-0.2, 0) is 18.3 Å². The third kappa shape index (κ3) is 5.61. The number of pyridine rings is 2. The van der Waals surface area contributed by atoms with Crippen LogP contribution < -0.4 is 10.0 Å². The molecule has 1 amide bonds. The minimum absolute atomic E-state index is 0.0285. The molecule has 33 heavy (non-hydrogen) atoms. The molecule has 0 atom stereocenters. The van der Waals surface area contributed by atoms with Gasteiger partial charge >= 0.3 is 6.18 Å². The van der Waals surface area contributed by atoms with Crippen LogP contribution in [0.15, 0.2) is 48.7 Å². The molecule has 174 valence electrons. The Kier molecular flexibility index (Phi) is 6.37. The minimum Gasteiger partial charge on any atom is -0.618 e. The van der Waals surface area contributed by atoms with E-state index in [1.54, 1.807) is 0 Å². The summed E-state index contributed by atoms with van der Waals surface area (Å²) in [6.07, 6.45) is -4.13. The van der Waals surface area contributed by atoms with Gasteiger partial charge in [-0.15, -0.1) is 0 Å². The Hall–Kier alpha value is -3.60. The third-order valence-electron chi connectivity index (χ3n) is 4.64. The molecule has 0 aliphatic heterocycles. The van der Waals surface area contributed by atoms with Crippen LogP contribution in [0.25, 0.3) is 11.3 Å². The van der Waals surface area contributed by atoms with Crippen molar-refractivity contribution in [3.05, 3.63) is 88.0 Å². The van der Waals surface area contributed by atoms with E-state index < -0.39 is 35.0 Å². The molecule has 3 aromatic rings. The number of aliphatic hydroxyl groups is 1. The van der Waals surface area contributed by atoms with Crippen LogP contribution >= 0.6 is 0 Å². The van der Waals surface area contributed by atoms with E-state index in [4.69, 9.17) is 0 Å². The molecule has 0 unspecified atom stereocenters. The molecule has 11 heteroatoms. The average Bonchev–Trinajstić information content (AvgIpc) is 2.70. The van der Waals surface area contributed by atoms with Gasteiger partial charge in [-0.3, -0.25) is 4.79 Å². The molecule has 0 spiro atoms. The molecule has 1 aromatic carbocycles. The fourth-order valence-corrected chi connectivity index (χ4v) is 2.94. The number of aromatic nitrogens is 2. The lowest BCUT2D eigenvalue weighted by Gasteiger charge is -2.19. The number of halogens is 5. The molecule has 6 nitrogen and oxygen atoms in total. The second-order valence-corrected chi connectivity index (χ2v) is 7.74. The number of amides is 1. The summed E-state index contributed by atoms with van der Waals surface area (Å²) in [7, 11) is 0. The van der Waals surface area contributed by atoms with Crippen molar-refractivity contribution in [3.8, 4) is 11.3 Å². The van der Waals surface area contributed by atoms with Gasteiger partial charge in [0.1, 0.15) is 17.2 Å². The van der Waals surface area contributed by atoms with Gasteiger partial charge in [-0.1, -0.05) is 0 Å². The van der Waals surface area contributed by atoms with Crippen molar-refractivity contribution in [3.63, 3.8) is 0 Å². The summed E-state index contributed by atoms with van der Waals surface area (Å²) in [4.78, 5) is 16.9. The van der Waals surface area contributed by atoms with Gasteiger partial charge in [0.2, 0.25) is 0 Å². The fraction of sp³-hybridized carbons (Fsp3) is 0.227. The lowest BCUT2D eigenvalue weighted by atomic mass is 9.99. The molecule has 0 radical (unpaired) electrons. The molecule has 0 aliphatic carbocycles. The van der Waals surface area contributed by atoms with Crippen LogP contribution in [0, 0.1) is 16.8 Å². The van der Waals surface area contributed by atoms with E-state index >= 15 is 0 Å². The number of carbonyl (C=O) groups is 1. The van der Waals surface area contributed by atoms with E-state index in [0.29, 0.717) is 18.3 Å². The maximum absolute atomic E-state index is 14.3. The lowest BCUT2D eigenvalue weighted by Crippen LogP contribution is -2.37. The predicted molar refractivity (Wildman–Crippen MR) is 106 cm³/mol. The first kappa shape index (κ1) is 24.1. The first-order valence-electron chi connectivity index (χ1n) is 9.53. The molecular weight excluding hydrogens is 449 g/mol. The van der Waals surface area contributed by atoms with Crippen molar-refractivity contribution in [2.75, 3.05) is 0 Å². The van der Waals surface area contributed by atoms with Gasteiger partial charge in [-0.25, -0.2) is 13.8 Å². The average molecular weight is 467 g/mol. The number of alkyl halides is 3. The molecule has 0 aliphatic rings. The largest absolute Gasteiger partial charge is 0.618 e. The SMILES string of the molecule is CC(C)(O)c1cc(C(=O)NCc2ccc(C(F)(F)F)[n+]([O-])c2)cc(-c2ccc(F)cc2F)n1. The van der Waals surface area contributed by atoms with Gasteiger partial charge in [0, 0.05) is 35.4 Å². The standard InChI is InChI=1S/C22H18F5N3O3/c1-21(2,32)18-8-13(7-17(29-18)15-5-4-14(23)9-16(15)24)20(31)28-10-12-3-6-19(22(25,26)27)30(33)11-12/h3-9,11,32H,10H2,1-2H3,(H,28,31). The van der Waals surface area contributed by atoms with Crippen molar-refractivity contribution in [1.82, 2.24) is 10.3 Å². The first-order chi connectivity index (χ1) is 15.3. The Morgan fingerprint density at radius 1 is 1.12 bits per heavy atom. The summed E-state index contributed by atoms with van der Waals surface area (Å²) in [6, 6.07) is 6.93. The van der Waals surface area contributed by atoms with Crippen LogP contribution in [-0.4, -0.2) is 16.0 Å². The fourth-order valence-electron chi connectivity index (χ4n) is 2.94. The monoisotopic (exact) mass is 467 g/mol. The number of carbonyl (C=O) groups excluding carboxylic acids is 1. The summed E-state index contributed by atoms with van der Waals surface area (Å²) < 4.78 is 65.3. The Labute approximate surface area is 184 Å². The zero-order valence-electron chi connectivity index (χ0n) is 17.4. The second kappa shape index (κ2) is 8.74. The Morgan fingerprint density at radius 3 is 2.39 bits per heavy atom. The van der Waals surface area contributed by atoms with Gasteiger partial charge in [0.25, 0.3) is 11.6 Å². The van der Waals surface area contributed by atoms with Crippen LogP contribution in [0.1, 0.15) is 41.2 Å². The second-order valence-electron chi connectivity index (χ2n) is 7.74. The van der Waals surface area contributed by atoms with E-state index in [-0.39, 0.29) is 39.4 Å². The van der Waals surface area contributed by atoms with Crippen molar-refractivity contribution in [2.24, 2.45) is 0 Å². The van der Waals surface area contributed by atoms with E-state index in [1.165, 1.54) is 26.0 Å². The zero-order valence-corrected chi connectivity index (χ0v) is 17.4. The molecule has 0 fully saturated rings. The Balaban J connectivity index is 1.90. The molecule has 2 aromatic heterocycles. The normalized spacial score (nSPS) is 12.0. The van der Waals surface area contributed by atoms with Crippen molar-refractivity contribution >= 4 is 5.91 Å². The number of hydrogen-bond acceptors (Lipinski definition) is 4. The van der Waals surface area contributed by atoms with Gasteiger partial charge in [-0.05, 0) is 44.2 Å². The smallest absolute Gasteiger partial charge is 0.478 e. The van der Waals surface area contributed by atoms with Crippen molar-refractivity contribution in [1.29, 1.82) is 0 Å². The highest BCUT2D eigenvalue weighted by molar-refractivity contribution is 5.95. The zero-order chi connectivity index (χ0) is 24.6. The van der Waals surface area contributed by atoms with Crippen LogP contribution in [0.3, 0.4) is 0 Å². The van der Waals surface area contributed by atoms with Gasteiger partial charge in [0.15, 0.2) is 6.20 Å². The summed E-state index contributed by atoms with van der Waals surface area (Å²) >= 11 is 0. The molecule has 0 saturated carbocycles. The van der Waals surface area contributed by atoms with Gasteiger partial charge in [-0.2, -0.15) is 17.9 Å². The maximum atomic E-state index is 14.3. The summed E-state index contributed by atoms with van der Waals surface area (Å²) in [5.74, 6) is -2.45. The maximum Gasteiger partial charge on any atom is 0.478 e. The molecule has 2 N–H and O–H groups in total. The van der Waals surface area contributed by atoms with Gasteiger partial charge < -0.3 is 15.6 Å². The van der Waals surface area contributed by atoms with E-state index in [9.17, 15) is 37.1 Å². The molecule has 0 bridgehead atoms. The van der Waals surface area contributed by atoms with E-state index in [1.807, 2.05) is 0 Å². The van der Waals surface area contributed by atoms with Crippen molar-refractivity contribution in [2.45, 2.75) is 32.2 Å². The predicted octanol–water partition coefficient (Wildman–Crippen LogP) is 3.84. The number of nitrogens with zero attached hydrogens (tertiary/aromatic N) is 2. The molecule has 2 heterocycles. The molecular formula is C22H18F5N3O3. The highest BCUT2D eigenvalue weighted by atomic mass is 19.4. The summed E-state index contributed by atoms with van der Waals surface area (Å²) in [6.45, 7) is 2.52. The lowest BCUT2D eigenvalue weighted by molar-refractivity contribution is -0.629. The number of rotatable bonds is 5. The number of benzene rings is 1. The number of hydrogen-bond donors (Lipinski definition) is 2. The van der Waals surface area contributed by atoms with Crippen molar-refractivity contribution < 1.29 is 36.6 Å². The highest BCUT2D eigenvalue weighted by Crippen LogP contribution is 2.28. The Bertz CT molecular complexity index is 1210. The first-order valence-corrected chi connectivity index (χ1v) is 9.53. The van der Waals surface area contributed by atoms with Crippen LogP contribution in [0.2, 0.25) is 0 Å². The summed E-state index contributed by atoms with van der Waals surface area (Å²) in [5.41, 5.74) is -2.96.